The molecule has 1 unspecified atom stereocenters. The fraction of sp³-hybridized carbons (Fsp3) is 0.214. The lowest BCUT2D eigenvalue weighted by atomic mass is 9.99. The summed E-state index contributed by atoms with van der Waals surface area (Å²) in [5, 5.41) is 0.500. The molecule has 0 aliphatic heterocycles. The molecule has 3 N–H and O–H groups in total. The molecule has 0 fully saturated rings. The summed E-state index contributed by atoms with van der Waals surface area (Å²) in [6.45, 7) is 0. The van der Waals surface area contributed by atoms with E-state index in [9.17, 15) is 4.39 Å². The van der Waals surface area contributed by atoms with Crippen LogP contribution < -0.4 is 16.0 Å². The van der Waals surface area contributed by atoms with Crippen LogP contribution in [0.2, 0.25) is 5.02 Å². The Bertz CT molecular complexity index is 594. The van der Waals surface area contributed by atoms with Crippen molar-refractivity contribution in [1.82, 2.24) is 10.4 Å². The van der Waals surface area contributed by atoms with Gasteiger partial charge < -0.3 is 4.74 Å². The third-order valence-corrected chi connectivity index (χ3v) is 3.41. The van der Waals surface area contributed by atoms with E-state index in [1.54, 1.807) is 25.6 Å². The van der Waals surface area contributed by atoms with Gasteiger partial charge in [0.1, 0.15) is 11.6 Å². The summed E-state index contributed by atoms with van der Waals surface area (Å²) >= 11 is 6.08. The van der Waals surface area contributed by atoms with E-state index in [0.29, 0.717) is 22.8 Å². The number of nitrogens with two attached hydrogens (primary N) is 1. The Labute approximate surface area is 121 Å². The average Bonchev–Trinajstić information content (AvgIpc) is 2.48. The third kappa shape index (κ3) is 3.25. The summed E-state index contributed by atoms with van der Waals surface area (Å²) in [6.07, 6.45) is 3.69. The second-order valence-electron chi connectivity index (χ2n) is 4.28. The van der Waals surface area contributed by atoms with E-state index in [0.717, 1.165) is 5.56 Å². The van der Waals surface area contributed by atoms with Gasteiger partial charge in [0, 0.05) is 16.8 Å². The predicted octanol–water partition coefficient (Wildman–Crippen LogP) is 2.63. The largest absolute Gasteiger partial charge is 0.495 e. The van der Waals surface area contributed by atoms with Gasteiger partial charge in [-0.2, -0.15) is 0 Å². The maximum Gasteiger partial charge on any atom is 0.141 e. The summed E-state index contributed by atoms with van der Waals surface area (Å²) in [5.74, 6) is 5.88. The fourth-order valence-electron chi connectivity index (χ4n) is 2.03. The Morgan fingerprint density at radius 1 is 1.45 bits per heavy atom. The van der Waals surface area contributed by atoms with Crippen LogP contribution in [0.25, 0.3) is 0 Å². The number of nitrogens with zero attached hydrogens (tertiary/aromatic N) is 1. The first-order valence-corrected chi connectivity index (χ1v) is 6.41. The molecule has 0 amide bonds. The van der Waals surface area contributed by atoms with Crippen LogP contribution in [0.1, 0.15) is 17.2 Å². The number of rotatable bonds is 5. The number of aromatic nitrogens is 1. The lowest BCUT2D eigenvalue weighted by Crippen LogP contribution is -2.30. The Morgan fingerprint density at radius 3 is 2.95 bits per heavy atom. The number of methoxy groups -OCH3 is 1. The van der Waals surface area contributed by atoms with Crippen molar-refractivity contribution in [3.8, 4) is 5.75 Å². The predicted molar refractivity (Wildman–Crippen MR) is 76.0 cm³/mol. The van der Waals surface area contributed by atoms with Crippen molar-refractivity contribution in [2.24, 2.45) is 5.84 Å². The molecule has 0 saturated heterocycles. The molecule has 0 bridgehead atoms. The van der Waals surface area contributed by atoms with Crippen molar-refractivity contribution in [2.45, 2.75) is 12.5 Å². The monoisotopic (exact) mass is 295 g/mol. The number of hydrogen-bond acceptors (Lipinski definition) is 4. The molecule has 0 spiro atoms. The van der Waals surface area contributed by atoms with E-state index in [2.05, 4.69) is 10.4 Å². The van der Waals surface area contributed by atoms with Gasteiger partial charge in [-0.15, -0.1) is 0 Å². The molecular formula is C14H15ClFN3O. The van der Waals surface area contributed by atoms with E-state index in [1.807, 2.05) is 0 Å². The van der Waals surface area contributed by atoms with E-state index >= 15 is 0 Å². The zero-order valence-electron chi connectivity index (χ0n) is 10.9. The SMILES string of the molecule is COc1cnccc1C(Cc1cc(F)ccc1Cl)NN. The molecule has 0 radical (unpaired) electrons. The quantitative estimate of drug-likeness (QED) is 0.657. The van der Waals surface area contributed by atoms with Crippen LogP contribution >= 0.6 is 11.6 Å². The second kappa shape index (κ2) is 6.65. The first kappa shape index (κ1) is 14.7. The molecule has 1 atom stereocenters. The van der Waals surface area contributed by atoms with Gasteiger partial charge in [0.25, 0.3) is 0 Å². The van der Waals surface area contributed by atoms with Crippen molar-refractivity contribution in [3.05, 3.63) is 58.6 Å². The second-order valence-corrected chi connectivity index (χ2v) is 4.68. The van der Waals surface area contributed by atoms with E-state index in [1.165, 1.54) is 18.2 Å². The number of hydrazine groups is 1. The van der Waals surface area contributed by atoms with Crippen molar-refractivity contribution >= 4 is 11.6 Å². The molecule has 106 valence electrons. The first-order chi connectivity index (χ1) is 9.65. The summed E-state index contributed by atoms with van der Waals surface area (Å²) < 4.78 is 18.6. The molecule has 1 aromatic carbocycles. The minimum absolute atomic E-state index is 0.257. The Hall–Kier alpha value is -1.69. The zero-order chi connectivity index (χ0) is 14.5. The summed E-state index contributed by atoms with van der Waals surface area (Å²) in [7, 11) is 1.56. The fourth-order valence-corrected chi connectivity index (χ4v) is 2.22. The number of halogens is 2. The van der Waals surface area contributed by atoms with E-state index in [-0.39, 0.29) is 11.9 Å². The zero-order valence-corrected chi connectivity index (χ0v) is 11.7. The van der Waals surface area contributed by atoms with Gasteiger partial charge in [0.2, 0.25) is 0 Å². The van der Waals surface area contributed by atoms with Crippen LogP contribution in [0, 0.1) is 5.82 Å². The van der Waals surface area contributed by atoms with Crippen LogP contribution in [0.4, 0.5) is 4.39 Å². The first-order valence-electron chi connectivity index (χ1n) is 6.03. The topological polar surface area (TPSA) is 60.2 Å². The summed E-state index contributed by atoms with van der Waals surface area (Å²) in [4.78, 5) is 3.99. The normalized spacial score (nSPS) is 12.2. The van der Waals surface area contributed by atoms with E-state index < -0.39 is 0 Å². The maximum atomic E-state index is 13.3. The highest BCUT2D eigenvalue weighted by molar-refractivity contribution is 6.31. The molecule has 2 rings (SSSR count). The minimum Gasteiger partial charge on any atom is -0.495 e. The van der Waals surface area contributed by atoms with Crippen LogP contribution in [0.3, 0.4) is 0 Å². The summed E-state index contributed by atoms with van der Waals surface area (Å²) in [5.41, 5.74) is 4.21. The number of ether oxygens (including phenoxy) is 1. The Morgan fingerprint density at radius 2 is 2.25 bits per heavy atom. The maximum absolute atomic E-state index is 13.3. The van der Waals surface area contributed by atoms with Gasteiger partial charge in [0.05, 0.1) is 19.3 Å². The number of hydrogen-bond donors (Lipinski definition) is 2. The third-order valence-electron chi connectivity index (χ3n) is 3.04. The summed E-state index contributed by atoms with van der Waals surface area (Å²) in [6, 6.07) is 5.80. The van der Waals surface area contributed by atoms with Gasteiger partial charge in [-0.05, 0) is 36.2 Å². The molecular weight excluding hydrogens is 281 g/mol. The van der Waals surface area contributed by atoms with Gasteiger partial charge in [0.15, 0.2) is 0 Å². The molecule has 0 aliphatic rings. The van der Waals surface area contributed by atoms with Crippen LogP contribution in [0.5, 0.6) is 5.75 Å². The van der Waals surface area contributed by atoms with Gasteiger partial charge in [-0.3, -0.25) is 16.3 Å². The van der Waals surface area contributed by atoms with Crippen LogP contribution in [0.15, 0.2) is 36.7 Å². The Kier molecular flexibility index (Phi) is 4.89. The highest BCUT2D eigenvalue weighted by atomic mass is 35.5. The average molecular weight is 296 g/mol. The van der Waals surface area contributed by atoms with Gasteiger partial charge in [-0.25, -0.2) is 4.39 Å². The van der Waals surface area contributed by atoms with Crippen molar-refractivity contribution in [2.75, 3.05) is 7.11 Å². The van der Waals surface area contributed by atoms with Crippen molar-refractivity contribution in [3.63, 3.8) is 0 Å². The van der Waals surface area contributed by atoms with Gasteiger partial charge >= 0.3 is 0 Å². The smallest absolute Gasteiger partial charge is 0.141 e. The van der Waals surface area contributed by atoms with E-state index in [4.69, 9.17) is 22.2 Å². The number of pyridine rings is 1. The lowest BCUT2D eigenvalue weighted by molar-refractivity contribution is 0.397. The standard InChI is InChI=1S/C14H15ClFN3O/c1-20-14-8-18-5-4-11(14)13(19-17)7-9-6-10(16)2-3-12(9)15/h2-6,8,13,19H,7,17H2,1H3. The highest BCUT2D eigenvalue weighted by Crippen LogP contribution is 2.28. The molecule has 2 aromatic rings. The molecule has 1 heterocycles. The molecule has 0 saturated carbocycles. The van der Waals surface area contributed by atoms with Crippen molar-refractivity contribution in [1.29, 1.82) is 0 Å². The van der Waals surface area contributed by atoms with Crippen molar-refractivity contribution < 1.29 is 9.13 Å². The van der Waals surface area contributed by atoms with Crippen LogP contribution in [-0.2, 0) is 6.42 Å². The highest BCUT2D eigenvalue weighted by Gasteiger charge is 2.17. The minimum atomic E-state index is -0.332. The molecule has 4 nitrogen and oxygen atoms in total. The number of benzene rings is 1. The molecule has 20 heavy (non-hydrogen) atoms. The molecule has 6 heteroatoms. The van der Waals surface area contributed by atoms with Gasteiger partial charge in [-0.1, -0.05) is 11.6 Å². The Balaban J connectivity index is 2.31. The molecule has 0 aliphatic carbocycles. The number of nitrogens with one attached hydrogen (secondary N) is 1. The lowest BCUT2D eigenvalue weighted by Gasteiger charge is -2.19. The molecule has 1 aromatic heterocycles. The van der Waals surface area contributed by atoms with Crippen LogP contribution in [-0.4, -0.2) is 12.1 Å².